The van der Waals surface area contributed by atoms with Gasteiger partial charge in [-0.25, -0.2) is 8.78 Å². The molecule has 0 bridgehead atoms. The standard InChI is InChI=1S/C35H55F2N5O7.C3H8.CH4O/c1-10-21(4)32(41(7)30(45)19-40-35(47)31(38-6)20(2)3)28(48-8)17-29(44)42-13-11-12-26(42)33(49-9)22(5)34(46)39-18-27(43)23-14-24(36)16-25(37)15-23;1-3-2;1-2/h14-16,20-22,26,28,31-33,38H,10-13,17-19H2,1-9H3,(H,39,46)(H,40,47);3H2,1-2H3;2H,1H3/t21-,22?,26?,28?,31?,32?,33?;;/m0../s1. The molecule has 15 heteroatoms. The molecule has 0 radical (unpaired) electrons. The lowest BCUT2D eigenvalue weighted by Gasteiger charge is -2.39. The Morgan fingerprint density at radius 2 is 1.48 bits per heavy atom. The molecule has 6 unspecified atom stereocenters. The number of methoxy groups -OCH3 is 2. The van der Waals surface area contributed by atoms with Gasteiger partial charge in [-0.2, -0.15) is 0 Å². The van der Waals surface area contributed by atoms with Crippen molar-refractivity contribution in [2.24, 2.45) is 17.8 Å². The van der Waals surface area contributed by atoms with E-state index in [2.05, 4.69) is 29.8 Å². The molecule has 0 spiro atoms. The number of hydrogen-bond donors (Lipinski definition) is 4. The van der Waals surface area contributed by atoms with Crippen molar-refractivity contribution in [1.82, 2.24) is 25.8 Å². The first-order valence-electron chi connectivity index (χ1n) is 18.8. The Bertz CT molecular complexity index is 1300. The molecule has 2 rings (SSSR count). The SMILES string of the molecule is CCC.CC[C@H](C)C(C(CC(=O)N1CCCC1C(OC)C(C)C(=O)NCC(=O)c1cc(F)cc(F)c1)OC)N(C)C(=O)CNC(=O)C(NC)C(C)C.CO. The maximum atomic E-state index is 13.9. The minimum absolute atomic E-state index is 0.0298. The van der Waals surface area contributed by atoms with Crippen molar-refractivity contribution in [3.63, 3.8) is 0 Å². The van der Waals surface area contributed by atoms with Crippen molar-refractivity contribution in [1.29, 1.82) is 0 Å². The third kappa shape index (κ3) is 15.3. The van der Waals surface area contributed by atoms with Crippen molar-refractivity contribution in [2.75, 3.05) is 55.1 Å². The van der Waals surface area contributed by atoms with Gasteiger partial charge in [0.1, 0.15) is 11.6 Å². The number of carbonyl (C=O) groups excluding carboxylic acids is 5. The van der Waals surface area contributed by atoms with E-state index < -0.39 is 66.1 Å². The molecule has 4 amide bonds. The number of ether oxygens (including phenoxy) is 2. The van der Waals surface area contributed by atoms with Crippen LogP contribution in [-0.2, 0) is 28.7 Å². The summed E-state index contributed by atoms with van der Waals surface area (Å²) in [5.41, 5.74) is -0.199. The zero-order valence-electron chi connectivity index (χ0n) is 34.5. The molecule has 7 atom stereocenters. The predicted octanol–water partition coefficient (Wildman–Crippen LogP) is 3.57. The number of likely N-dealkylation sites (tertiary alicyclic amines) is 1. The number of hydrogen-bond acceptors (Lipinski definition) is 9. The second kappa shape index (κ2) is 26.3. The number of nitrogens with one attached hydrogen (secondary N) is 3. The summed E-state index contributed by atoms with van der Waals surface area (Å²) in [6.45, 7) is 13.4. The van der Waals surface area contributed by atoms with Crippen molar-refractivity contribution < 1.29 is 47.3 Å². The first kappa shape index (κ1) is 50.5. The Labute approximate surface area is 321 Å². The van der Waals surface area contributed by atoms with Crippen molar-refractivity contribution in [2.45, 2.75) is 111 Å². The summed E-state index contributed by atoms with van der Waals surface area (Å²) in [6, 6.07) is 1.10. The van der Waals surface area contributed by atoms with Crippen LogP contribution in [-0.4, -0.2) is 130 Å². The van der Waals surface area contributed by atoms with Crippen LogP contribution in [0, 0.1) is 29.4 Å². The Kier molecular flexibility index (Phi) is 24.6. The summed E-state index contributed by atoms with van der Waals surface area (Å²) in [7, 11) is 7.29. The molecule has 0 saturated carbocycles. The molecule has 310 valence electrons. The molecule has 0 aromatic heterocycles. The van der Waals surface area contributed by atoms with E-state index in [0.717, 1.165) is 19.2 Å². The fraction of sp³-hybridized carbons (Fsp3) is 0.718. The van der Waals surface area contributed by atoms with Crippen LogP contribution in [0.4, 0.5) is 8.78 Å². The van der Waals surface area contributed by atoms with Gasteiger partial charge in [-0.3, -0.25) is 24.0 Å². The number of rotatable bonds is 19. The number of ketones is 1. The Balaban J connectivity index is 0.00000533. The second-order valence-corrected chi connectivity index (χ2v) is 13.9. The fourth-order valence-corrected chi connectivity index (χ4v) is 6.64. The lowest BCUT2D eigenvalue weighted by molar-refractivity contribution is -0.145. The van der Waals surface area contributed by atoms with Crippen LogP contribution in [0.1, 0.15) is 90.9 Å². The highest BCUT2D eigenvalue weighted by Crippen LogP contribution is 2.29. The zero-order chi connectivity index (χ0) is 41.7. The molecule has 13 nitrogen and oxygen atoms in total. The molecule has 54 heavy (non-hydrogen) atoms. The Morgan fingerprint density at radius 1 is 0.926 bits per heavy atom. The van der Waals surface area contributed by atoms with Gasteiger partial charge in [0.15, 0.2) is 5.78 Å². The Morgan fingerprint density at radius 3 is 1.96 bits per heavy atom. The third-order valence-corrected chi connectivity index (χ3v) is 9.59. The molecular weight excluding hydrogens is 704 g/mol. The summed E-state index contributed by atoms with van der Waals surface area (Å²) in [5, 5.41) is 15.2. The average molecular weight is 772 g/mol. The topological polar surface area (TPSA) is 167 Å². The number of likely N-dealkylation sites (N-methyl/N-ethyl adjacent to an activating group) is 2. The summed E-state index contributed by atoms with van der Waals surface area (Å²) in [4.78, 5) is 68.7. The second-order valence-electron chi connectivity index (χ2n) is 13.9. The van der Waals surface area contributed by atoms with Gasteiger partial charge in [0.25, 0.3) is 0 Å². The maximum absolute atomic E-state index is 13.9. The first-order chi connectivity index (χ1) is 25.5. The van der Waals surface area contributed by atoms with Crippen LogP contribution in [0.5, 0.6) is 0 Å². The van der Waals surface area contributed by atoms with Crippen LogP contribution >= 0.6 is 0 Å². The van der Waals surface area contributed by atoms with Crippen LogP contribution < -0.4 is 16.0 Å². The quantitative estimate of drug-likeness (QED) is 0.154. The van der Waals surface area contributed by atoms with E-state index in [1.54, 1.807) is 30.8 Å². The van der Waals surface area contributed by atoms with Crippen molar-refractivity contribution in [3.8, 4) is 0 Å². The number of aliphatic hydroxyl groups excluding tert-OH is 1. The van der Waals surface area contributed by atoms with Crippen LogP contribution in [0.25, 0.3) is 0 Å². The molecule has 1 aliphatic rings. The van der Waals surface area contributed by atoms with Crippen LogP contribution in [0.15, 0.2) is 18.2 Å². The van der Waals surface area contributed by atoms with Gasteiger partial charge in [0.2, 0.25) is 23.6 Å². The smallest absolute Gasteiger partial charge is 0.242 e. The van der Waals surface area contributed by atoms with Gasteiger partial charge < -0.3 is 40.3 Å². The minimum atomic E-state index is -0.897. The highest BCUT2D eigenvalue weighted by atomic mass is 19.1. The number of halogens is 2. The van der Waals surface area contributed by atoms with Gasteiger partial charge in [-0.05, 0) is 43.9 Å². The predicted molar refractivity (Wildman–Crippen MR) is 205 cm³/mol. The molecule has 1 aromatic rings. The van der Waals surface area contributed by atoms with E-state index in [9.17, 15) is 32.8 Å². The summed E-state index contributed by atoms with van der Waals surface area (Å²) in [6.07, 6.45) is 1.82. The number of carbonyl (C=O) groups is 5. The zero-order valence-corrected chi connectivity index (χ0v) is 34.5. The molecular formula is C39H67F2N5O8. The number of benzene rings is 1. The lowest BCUT2D eigenvalue weighted by atomic mass is 9.90. The van der Waals surface area contributed by atoms with Gasteiger partial charge in [-0.15, -0.1) is 0 Å². The van der Waals surface area contributed by atoms with Crippen LogP contribution in [0.2, 0.25) is 0 Å². The lowest BCUT2D eigenvalue weighted by Crippen LogP contribution is -2.55. The van der Waals surface area contributed by atoms with E-state index in [-0.39, 0.29) is 48.1 Å². The van der Waals surface area contributed by atoms with E-state index in [0.29, 0.717) is 31.9 Å². The highest BCUT2D eigenvalue weighted by molar-refractivity contribution is 5.99. The molecule has 1 aliphatic heterocycles. The monoisotopic (exact) mass is 771 g/mol. The molecule has 0 aliphatic carbocycles. The third-order valence-electron chi connectivity index (χ3n) is 9.59. The molecule has 1 saturated heterocycles. The molecule has 4 N–H and O–H groups in total. The van der Waals surface area contributed by atoms with Gasteiger partial charge in [0, 0.05) is 46.6 Å². The average Bonchev–Trinajstić information content (AvgIpc) is 3.63. The largest absolute Gasteiger partial charge is 0.400 e. The van der Waals surface area contributed by atoms with E-state index >= 15 is 0 Å². The number of nitrogens with zero attached hydrogens (tertiary/aromatic N) is 2. The molecule has 1 fully saturated rings. The number of amides is 4. The maximum Gasteiger partial charge on any atom is 0.242 e. The molecule has 1 aromatic carbocycles. The summed E-state index contributed by atoms with van der Waals surface area (Å²) in [5.74, 6) is -4.56. The van der Waals surface area contributed by atoms with E-state index in [4.69, 9.17) is 14.6 Å². The fourth-order valence-electron chi connectivity index (χ4n) is 6.64. The van der Waals surface area contributed by atoms with E-state index in [1.165, 1.54) is 20.6 Å². The highest BCUT2D eigenvalue weighted by Gasteiger charge is 2.42. The summed E-state index contributed by atoms with van der Waals surface area (Å²) >= 11 is 0. The van der Waals surface area contributed by atoms with Crippen molar-refractivity contribution in [3.05, 3.63) is 35.4 Å². The van der Waals surface area contributed by atoms with Crippen LogP contribution in [0.3, 0.4) is 0 Å². The van der Waals surface area contributed by atoms with Gasteiger partial charge >= 0.3 is 0 Å². The van der Waals surface area contributed by atoms with Gasteiger partial charge in [-0.1, -0.05) is 61.3 Å². The summed E-state index contributed by atoms with van der Waals surface area (Å²) < 4.78 is 38.7. The number of Topliss-reactive ketones (excluding diaryl/α,β-unsaturated/α-hetero) is 1. The molecule has 1 heterocycles. The Hall–Kier alpha value is -3.53. The van der Waals surface area contributed by atoms with E-state index in [1.807, 2.05) is 27.7 Å². The minimum Gasteiger partial charge on any atom is -0.400 e. The normalized spacial score (nSPS) is 17.0. The first-order valence-corrected chi connectivity index (χ1v) is 18.8. The van der Waals surface area contributed by atoms with Crippen molar-refractivity contribution >= 4 is 29.4 Å². The van der Waals surface area contributed by atoms with Gasteiger partial charge in [0.05, 0.1) is 55.8 Å². The number of aliphatic hydroxyl groups is 1.